The third-order valence-electron chi connectivity index (χ3n) is 14.7. The highest BCUT2D eigenvalue weighted by Gasteiger charge is 2.16. The van der Waals surface area contributed by atoms with Crippen LogP contribution < -0.4 is 0 Å². The summed E-state index contributed by atoms with van der Waals surface area (Å²) in [6.45, 7) is 4.06. The molecule has 5 nitrogen and oxygen atoms in total. The van der Waals surface area contributed by atoms with E-state index in [0.29, 0.717) is 12.8 Å². The van der Waals surface area contributed by atoms with E-state index in [1.807, 2.05) is 0 Å². The van der Waals surface area contributed by atoms with Crippen LogP contribution in [-0.2, 0) is 19.1 Å². The van der Waals surface area contributed by atoms with E-state index >= 15 is 0 Å². The van der Waals surface area contributed by atoms with E-state index in [9.17, 15) is 14.7 Å². The molecule has 0 aliphatic rings. The minimum absolute atomic E-state index is 0.0676. The summed E-state index contributed by atoms with van der Waals surface area (Å²) in [6.07, 6.45) is 93.1. The zero-order chi connectivity index (χ0) is 54.8. The number of aliphatic hydroxyl groups is 1. The van der Waals surface area contributed by atoms with Crippen molar-refractivity contribution in [1.82, 2.24) is 0 Å². The molecular weight excluding hydrogens is 933 g/mol. The molecular formula is C71H126O5. The summed E-state index contributed by atoms with van der Waals surface area (Å²) >= 11 is 0. The molecule has 0 aromatic heterocycles. The molecule has 0 amide bonds. The van der Waals surface area contributed by atoms with Crippen molar-refractivity contribution in [3.63, 3.8) is 0 Å². The second-order valence-corrected chi connectivity index (χ2v) is 22.2. The smallest absolute Gasteiger partial charge is 0.306 e. The number of ether oxygens (including phenoxy) is 2. The van der Waals surface area contributed by atoms with Gasteiger partial charge in [0.15, 0.2) is 6.10 Å². The Morgan fingerprint density at radius 3 is 0.868 bits per heavy atom. The van der Waals surface area contributed by atoms with Crippen LogP contribution in [0, 0.1) is 0 Å². The molecule has 0 spiro atoms. The maximum atomic E-state index is 12.3. The monoisotopic (exact) mass is 1060 g/mol. The predicted molar refractivity (Wildman–Crippen MR) is 334 cm³/mol. The first-order valence-corrected chi connectivity index (χ1v) is 33.1. The van der Waals surface area contributed by atoms with E-state index in [1.54, 1.807) is 0 Å². The predicted octanol–water partition coefficient (Wildman–Crippen LogP) is 22.9. The lowest BCUT2D eigenvalue weighted by atomic mass is 10.0. The molecule has 0 aliphatic carbocycles. The fourth-order valence-corrected chi connectivity index (χ4v) is 9.73. The largest absolute Gasteiger partial charge is 0.462 e. The molecule has 0 rings (SSSR count). The topological polar surface area (TPSA) is 72.8 Å². The van der Waals surface area contributed by atoms with Gasteiger partial charge in [0.2, 0.25) is 0 Å². The van der Waals surface area contributed by atoms with E-state index < -0.39 is 6.10 Å². The molecule has 0 fully saturated rings. The molecule has 0 saturated heterocycles. The summed E-state index contributed by atoms with van der Waals surface area (Å²) < 4.78 is 10.7. The van der Waals surface area contributed by atoms with E-state index in [0.717, 1.165) is 77.0 Å². The third kappa shape index (κ3) is 63.6. The highest BCUT2D eigenvalue weighted by Crippen LogP contribution is 2.18. The molecule has 0 aromatic carbocycles. The maximum absolute atomic E-state index is 12.3. The summed E-state index contributed by atoms with van der Waals surface area (Å²) in [4.78, 5) is 24.6. The van der Waals surface area contributed by atoms with Gasteiger partial charge in [-0.25, -0.2) is 0 Å². The van der Waals surface area contributed by atoms with Crippen LogP contribution >= 0.6 is 0 Å². The number of carbonyl (C=O) groups excluding carboxylic acids is 2. The fraction of sp³-hybridized carbons (Fsp3) is 0.775. The Morgan fingerprint density at radius 1 is 0.316 bits per heavy atom. The number of hydrogen-bond donors (Lipinski definition) is 1. The number of rotatable bonds is 61. The second-order valence-electron chi connectivity index (χ2n) is 22.2. The lowest BCUT2D eigenvalue weighted by molar-refractivity contribution is -0.161. The molecule has 0 aliphatic heterocycles. The lowest BCUT2D eigenvalue weighted by Gasteiger charge is -2.15. The van der Waals surface area contributed by atoms with E-state index in [1.165, 1.54) is 231 Å². The molecule has 1 atom stereocenters. The van der Waals surface area contributed by atoms with Gasteiger partial charge in [0.25, 0.3) is 0 Å². The molecule has 0 radical (unpaired) electrons. The van der Waals surface area contributed by atoms with Gasteiger partial charge in [-0.2, -0.15) is 0 Å². The average molecular weight is 1060 g/mol. The van der Waals surface area contributed by atoms with E-state index in [2.05, 4.69) is 98.9 Å². The summed E-state index contributed by atoms with van der Waals surface area (Å²) in [5.41, 5.74) is 0. The molecule has 0 aromatic rings. The van der Waals surface area contributed by atoms with Crippen LogP contribution in [-0.4, -0.2) is 36.4 Å². The Labute approximate surface area is 473 Å². The van der Waals surface area contributed by atoms with Gasteiger partial charge < -0.3 is 14.6 Å². The molecule has 440 valence electrons. The Hall–Kier alpha value is -2.92. The molecule has 0 heterocycles. The number of carbonyl (C=O) groups is 2. The molecule has 0 bridgehead atoms. The number of allylic oxidation sites excluding steroid dienone is 14. The SMILES string of the molecule is CC/C=C\C/C=C\C/C=C\C/C=C\C/C=C\C/C=C\CCCCCCCCCCCCC(=O)OC(CO)COC(=O)CCCCCCCCCCCCCCCCCCCCCCC/C=C\CCCCCCCCCC. The number of aliphatic hydroxyl groups excluding tert-OH is 1. The van der Waals surface area contributed by atoms with Crippen LogP contribution in [0.2, 0.25) is 0 Å². The maximum Gasteiger partial charge on any atom is 0.306 e. The van der Waals surface area contributed by atoms with Gasteiger partial charge in [0.1, 0.15) is 6.61 Å². The minimum atomic E-state index is -0.779. The Morgan fingerprint density at radius 2 is 0.566 bits per heavy atom. The van der Waals surface area contributed by atoms with Gasteiger partial charge in [-0.1, -0.05) is 317 Å². The molecule has 0 saturated carbocycles. The van der Waals surface area contributed by atoms with Crippen molar-refractivity contribution in [2.75, 3.05) is 13.2 Å². The van der Waals surface area contributed by atoms with Gasteiger partial charge >= 0.3 is 11.9 Å². The third-order valence-corrected chi connectivity index (χ3v) is 14.7. The summed E-state index contributed by atoms with van der Waals surface area (Å²) in [7, 11) is 0. The highest BCUT2D eigenvalue weighted by atomic mass is 16.6. The summed E-state index contributed by atoms with van der Waals surface area (Å²) in [5.74, 6) is -0.584. The van der Waals surface area contributed by atoms with Crippen molar-refractivity contribution in [3.05, 3.63) is 85.1 Å². The zero-order valence-electron chi connectivity index (χ0n) is 50.5. The molecule has 1 N–H and O–H groups in total. The van der Waals surface area contributed by atoms with Crippen LogP contribution in [0.15, 0.2) is 85.1 Å². The average Bonchev–Trinajstić information content (AvgIpc) is 3.42. The van der Waals surface area contributed by atoms with Gasteiger partial charge in [-0.3, -0.25) is 9.59 Å². The number of esters is 2. The molecule has 76 heavy (non-hydrogen) atoms. The van der Waals surface area contributed by atoms with E-state index in [-0.39, 0.29) is 25.2 Å². The Kier molecular flexibility index (Phi) is 63.8. The first-order valence-electron chi connectivity index (χ1n) is 33.1. The first kappa shape index (κ1) is 73.1. The van der Waals surface area contributed by atoms with Crippen molar-refractivity contribution in [1.29, 1.82) is 0 Å². The molecule has 1 unspecified atom stereocenters. The Bertz CT molecular complexity index is 1380. The van der Waals surface area contributed by atoms with Crippen LogP contribution in [0.25, 0.3) is 0 Å². The van der Waals surface area contributed by atoms with Crippen molar-refractivity contribution >= 4 is 11.9 Å². The van der Waals surface area contributed by atoms with Gasteiger partial charge in [-0.05, 0) is 89.9 Å². The van der Waals surface area contributed by atoms with Crippen LogP contribution in [0.4, 0.5) is 0 Å². The van der Waals surface area contributed by atoms with Crippen LogP contribution in [0.3, 0.4) is 0 Å². The highest BCUT2D eigenvalue weighted by molar-refractivity contribution is 5.70. The van der Waals surface area contributed by atoms with Crippen molar-refractivity contribution in [3.8, 4) is 0 Å². The van der Waals surface area contributed by atoms with Gasteiger partial charge in [0, 0.05) is 12.8 Å². The fourth-order valence-electron chi connectivity index (χ4n) is 9.73. The number of unbranched alkanes of at least 4 members (excludes halogenated alkanes) is 39. The normalized spacial score (nSPS) is 12.7. The minimum Gasteiger partial charge on any atom is -0.462 e. The Balaban J connectivity index is 3.45. The number of hydrogen-bond acceptors (Lipinski definition) is 5. The van der Waals surface area contributed by atoms with Crippen molar-refractivity contribution in [2.45, 2.75) is 341 Å². The lowest BCUT2D eigenvalue weighted by Crippen LogP contribution is -2.28. The van der Waals surface area contributed by atoms with Gasteiger partial charge in [-0.15, -0.1) is 0 Å². The van der Waals surface area contributed by atoms with Crippen LogP contribution in [0.1, 0.15) is 335 Å². The van der Waals surface area contributed by atoms with Crippen molar-refractivity contribution in [2.24, 2.45) is 0 Å². The molecule has 5 heteroatoms. The summed E-state index contributed by atoms with van der Waals surface area (Å²) in [6, 6.07) is 0. The standard InChI is InChI=1S/C71H126O5/c1-3-5-7-9-11-13-15-17-19-21-23-25-27-29-31-33-34-35-36-38-39-41-43-45-47-49-51-53-55-57-59-61-63-65-70(73)75-68-69(67-72)76-71(74)66-64-62-60-58-56-54-52-50-48-46-44-42-40-37-32-30-28-26-24-22-20-18-16-14-12-10-8-6-4-2/h6,8,12,14,18,20-21,23-24,26,30,32,40,42,69,72H,3-5,7,9-11,13,15-17,19,22,25,27-29,31,33-39,41,43-68H2,1-2H3/b8-6-,14-12-,20-18-,23-21-,26-24-,32-30-,42-40-. The van der Waals surface area contributed by atoms with Crippen LogP contribution in [0.5, 0.6) is 0 Å². The quantitative estimate of drug-likeness (QED) is 0.0373. The van der Waals surface area contributed by atoms with E-state index in [4.69, 9.17) is 9.47 Å². The summed E-state index contributed by atoms with van der Waals surface area (Å²) in [5, 5.41) is 9.69. The van der Waals surface area contributed by atoms with Gasteiger partial charge in [0.05, 0.1) is 6.61 Å². The second kappa shape index (κ2) is 66.4. The zero-order valence-corrected chi connectivity index (χ0v) is 50.5. The first-order chi connectivity index (χ1) is 37.6. The van der Waals surface area contributed by atoms with Crippen molar-refractivity contribution < 1.29 is 24.2 Å².